The Kier molecular flexibility index (Phi) is 3.14. The number of halogens is 4. The average Bonchev–Trinajstić information content (AvgIpc) is 3.30. The maximum atomic E-state index is 14.2. The molecular weight excluding hydrogens is 436 g/mol. The van der Waals surface area contributed by atoms with E-state index in [1.54, 1.807) is 0 Å². The molecule has 34 heavy (non-hydrogen) atoms. The summed E-state index contributed by atoms with van der Waals surface area (Å²) in [5.74, 6) is -3.49. The van der Waals surface area contributed by atoms with Gasteiger partial charge in [-0.2, -0.15) is 0 Å². The van der Waals surface area contributed by atoms with E-state index in [0.717, 1.165) is 53.9 Å². The summed E-state index contributed by atoms with van der Waals surface area (Å²) in [5.41, 5.74) is 0. The average molecular weight is 448 g/mol. The highest BCUT2D eigenvalue weighted by Crippen LogP contribution is 2.47. The quantitative estimate of drug-likeness (QED) is 0.160. The molecule has 0 nitrogen and oxygen atoms in total. The van der Waals surface area contributed by atoms with Crippen LogP contribution in [-0.4, -0.2) is 0 Å². The molecule has 0 atom stereocenters. The lowest BCUT2D eigenvalue weighted by molar-refractivity contribution is 0.511. The van der Waals surface area contributed by atoms with Crippen LogP contribution >= 0.6 is 0 Å². The van der Waals surface area contributed by atoms with Gasteiger partial charge < -0.3 is 0 Å². The molecule has 8 rings (SSSR count). The molecule has 0 aliphatic carbocycles. The smallest absolute Gasteiger partial charge is 0.159 e. The van der Waals surface area contributed by atoms with Crippen molar-refractivity contribution in [2.45, 2.75) is 0 Å². The molecule has 4 heteroatoms. The fourth-order valence-electron chi connectivity index (χ4n) is 6.03. The first-order chi connectivity index (χ1) is 16.5. The van der Waals surface area contributed by atoms with Gasteiger partial charge in [-0.25, -0.2) is 17.6 Å². The second-order valence-corrected chi connectivity index (χ2v) is 9.02. The zero-order chi connectivity index (χ0) is 22.9. The van der Waals surface area contributed by atoms with E-state index in [-0.39, 0.29) is 0 Å². The van der Waals surface area contributed by atoms with Crippen LogP contribution in [0.2, 0.25) is 0 Å². The Morgan fingerprint density at radius 3 is 0.882 bits per heavy atom. The molecule has 0 heterocycles. The third-order valence-corrected chi connectivity index (χ3v) is 7.40. The molecule has 0 aliphatic heterocycles. The SMILES string of the molecule is Fc1cc2c(cc1F)c1cc3c(cc4c5cc(F)c(F)cc5c5cccc3c54)c3cccc2c31. The van der Waals surface area contributed by atoms with Gasteiger partial charge in [-0.05, 0) is 112 Å². The van der Waals surface area contributed by atoms with Crippen LogP contribution < -0.4 is 0 Å². The predicted octanol–water partition coefficient (Wildman–Crippen LogP) is 9.19. The highest BCUT2D eigenvalue weighted by molar-refractivity contribution is 6.40. The Hall–Kier alpha value is -4.18. The summed E-state index contributed by atoms with van der Waals surface area (Å²) in [6.07, 6.45) is 0. The summed E-state index contributed by atoms with van der Waals surface area (Å²) < 4.78 is 56.8. The van der Waals surface area contributed by atoms with E-state index < -0.39 is 23.3 Å². The molecule has 0 fully saturated rings. The van der Waals surface area contributed by atoms with Crippen LogP contribution in [0.5, 0.6) is 0 Å². The summed E-state index contributed by atoms with van der Waals surface area (Å²) in [6.45, 7) is 0. The van der Waals surface area contributed by atoms with Crippen molar-refractivity contribution in [3.05, 3.63) is 96.1 Å². The monoisotopic (exact) mass is 448 g/mol. The predicted molar refractivity (Wildman–Crippen MR) is 131 cm³/mol. The van der Waals surface area contributed by atoms with E-state index in [1.807, 2.05) is 48.5 Å². The molecule has 0 bridgehead atoms. The Balaban J connectivity index is 1.70. The Morgan fingerprint density at radius 1 is 0.294 bits per heavy atom. The second kappa shape index (κ2) is 5.84. The third-order valence-electron chi connectivity index (χ3n) is 7.40. The topological polar surface area (TPSA) is 0 Å². The van der Waals surface area contributed by atoms with Crippen molar-refractivity contribution in [3.8, 4) is 0 Å². The number of fused-ring (bicyclic) bond motifs is 9. The van der Waals surface area contributed by atoms with Gasteiger partial charge in [0, 0.05) is 0 Å². The number of rotatable bonds is 0. The molecule has 0 N–H and O–H groups in total. The van der Waals surface area contributed by atoms with Crippen molar-refractivity contribution < 1.29 is 17.6 Å². The molecule has 0 unspecified atom stereocenters. The zero-order valence-electron chi connectivity index (χ0n) is 17.4. The van der Waals surface area contributed by atoms with Gasteiger partial charge in [0.2, 0.25) is 0 Å². The Morgan fingerprint density at radius 2 is 0.559 bits per heavy atom. The molecule has 0 aromatic heterocycles. The molecule has 0 aliphatic rings. The van der Waals surface area contributed by atoms with Gasteiger partial charge in [0.15, 0.2) is 23.3 Å². The van der Waals surface area contributed by atoms with Crippen molar-refractivity contribution >= 4 is 75.4 Å². The minimum absolute atomic E-state index is 0.669. The maximum Gasteiger partial charge on any atom is 0.159 e. The van der Waals surface area contributed by atoms with Gasteiger partial charge in [-0.15, -0.1) is 0 Å². The first-order valence-corrected chi connectivity index (χ1v) is 11.0. The molecule has 8 aromatic carbocycles. The van der Waals surface area contributed by atoms with Crippen molar-refractivity contribution in [2.75, 3.05) is 0 Å². The lowest BCUT2D eigenvalue weighted by Gasteiger charge is -2.10. The molecule has 160 valence electrons. The fourth-order valence-corrected chi connectivity index (χ4v) is 6.03. The zero-order valence-corrected chi connectivity index (χ0v) is 17.4. The minimum atomic E-state index is -0.875. The van der Waals surface area contributed by atoms with E-state index in [0.29, 0.717) is 21.5 Å². The summed E-state index contributed by atoms with van der Waals surface area (Å²) >= 11 is 0. The highest BCUT2D eigenvalue weighted by Gasteiger charge is 2.21. The molecule has 0 saturated heterocycles. The normalized spacial score (nSPS) is 12.7. The lowest BCUT2D eigenvalue weighted by Crippen LogP contribution is -1.83. The van der Waals surface area contributed by atoms with E-state index in [2.05, 4.69) is 0 Å². The maximum absolute atomic E-state index is 14.2. The molecular formula is C30H12F4. The summed E-state index contributed by atoms with van der Waals surface area (Å²) in [6, 6.07) is 20.8. The lowest BCUT2D eigenvalue weighted by atomic mass is 9.93. The first-order valence-electron chi connectivity index (χ1n) is 11.0. The van der Waals surface area contributed by atoms with Gasteiger partial charge in [0.05, 0.1) is 0 Å². The molecule has 8 aromatic rings. The van der Waals surface area contributed by atoms with Crippen LogP contribution in [0.3, 0.4) is 0 Å². The van der Waals surface area contributed by atoms with Crippen LogP contribution in [0.4, 0.5) is 17.6 Å². The van der Waals surface area contributed by atoms with Gasteiger partial charge in [-0.3, -0.25) is 0 Å². The molecule has 0 radical (unpaired) electrons. The summed E-state index contributed by atoms with van der Waals surface area (Å²) in [4.78, 5) is 0. The van der Waals surface area contributed by atoms with E-state index >= 15 is 0 Å². The van der Waals surface area contributed by atoms with Gasteiger partial charge >= 0.3 is 0 Å². The molecule has 0 saturated carbocycles. The molecule has 0 spiro atoms. The van der Waals surface area contributed by atoms with Gasteiger partial charge in [0.1, 0.15) is 0 Å². The number of benzene rings is 6. The van der Waals surface area contributed by atoms with Crippen molar-refractivity contribution in [1.29, 1.82) is 0 Å². The number of hydrogen-bond donors (Lipinski definition) is 0. The van der Waals surface area contributed by atoms with E-state index in [4.69, 9.17) is 0 Å². The molecule has 0 amide bonds. The van der Waals surface area contributed by atoms with Gasteiger partial charge in [0.25, 0.3) is 0 Å². The third kappa shape index (κ3) is 2.01. The van der Waals surface area contributed by atoms with Crippen molar-refractivity contribution in [3.63, 3.8) is 0 Å². The van der Waals surface area contributed by atoms with Crippen LogP contribution in [0.1, 0.15) is 0 Å². The van der Waals surface area contributed by atoms with Crippen LogP contribution in [0, 0.1) is 23.3 Å². The van der Waals surface area contributed by atoms with Gasteiger partial charge in [-0.1, -0.05) is 36.4 Å². The minimum Gasteiger partial charge on any atom is -0.204 e. The summed E-state index contributed by atoms with van der Waals surface area (Å²) in [7, 11) is 0. The fraction of sp³-hybridized carbons (Fsp3) is 0. The van der Waals surface area contributed by atoms with Crippen LogP contribution in [0.25, 0.3) is 75.4 Å². The Bertz CT molecular complexity index is 2000. The highest BCUT2D eigenvalue weighted by atomic mass is 19.2. The van der Waals surface area contributed by atoms with Crippen LogP contribution in [0.15, 0.2) is 72.8 Å². The van der Waals surface area contributed by atoms with Crippen molar-refractivity contribution in [2.24, 2.45) is 0 Å². The summed E-state index contributed by atoms with van der Waals surface area (Å²) in [5, 5.41) is 11.9. The second-order valence-electron chi connectivity index (χ2n) is 9.02. The first kappa shape index (κ1) is 18.3. The number of hydrogen-bond acceptors (Lipinski definition) is 0. The standard InChI is InChI=1S/C30H12F4/c31-25-9-19-15-5-1-3-13-17-7-24-22-12-28(34)26(32)10-20(22)16-6-2-4-14(30(16)24)18(17)8-23(29(13)15)21(19)11-27(25)33/h1-12H. The largest absolute Gasteiger partial charge is 0.204 e. The van der Waals surface area contributed by atoms with E-state index in [1.165, 1.54) is 24.3 Å². The van der Waals surface area contributed by atoms with Crippen LogP contribution in [-0.2, 0) is 0 Å². The van der Waals surface area contributed by atoms with E-state index in [9.17, 15) is 17.6 Å². The van der Waals surface area contributed by atoms with Crippen molar-refractivity contribution in [1.82, 2.24) is 0 Å². The Labute approximate surface area is 189 Å².